The second-order valence-corrected chi connectivity index (χ2v) is 5.50. The number of carboxylic acid groups (broad SMARTS) is 1. The standard InChI is InChI=1S/C14H27NO2/c1-4-14(5-2,13(16)17)15-10-12-9-7-6-8-11(12)3/h11-12,15H,4-10H2,1-3H3,(H,16,17). The van der Waals surface area contributed by atoms with E-state index in [4.69, 9.17) is 0 Å². The summed E-state index contributed by atoms with van der Waals surface area (Å²) in [6.07, 6.45) is 6.49. The van der Waals surface area contributed by atoms with Gasteiger partial charge < -0.3 is 10.4 Å². The van der Waals surface area contributed by atoms with E-state index in [0.29, 0.717) is 18.8 Å². The molecule has 1 saturated carbocycles. The zero-order valence-electron chi connectivity index (χ0n) is 11.5. The fourth-order valence-corrected chi connectivity index (χ4v) is 2.90. The van der Waals surface area contributed by atoms with Crippen molar-refractivity contribution in [2.75, 3.05) is 6.54 Å². The van der Waals surface area contributed by atoms with Gasteiger partial charge in [-0.3, -0.25) is 4.79 Å². The van der Waals surface area contributed by atoms with Crippen LogP contribution in [0.3, 0.4) is 0 Å². The predicted octanol–water partition coefficient (Wildman–Crippen LogP) is 3.05. The van der Waals surface area contributed by atoms with Gasteiger partial charge in [0, 0.05) is 0 Å². The highest BCUT2D eigenvalue weighted by molar-refractivity contribution is 5.78. The highest BCUT2D eigenvalue weighted by atomic mass is 16.4. The number of hydrogen-bond acceptors (Lipinski definition) is 2. The van der Waals surface area contributed by atoms with Gasteiger partial charge in [-0.2, -0.15) is 0 Å². The number of rotatable bonds is 6. The molecule has 0 spiro atoms. The summed E-state index contributed by atoms with van der Waals surface area (Å²) in [5, 5.41) is 12.7. The second-order valence-electron chi connectivity index (χ2n) is 5.50. The topological polar surface area (TPSA) is 49.3 Å². The molecule has 100 valence electrons. The SMILES string of the molecule is CCC(CC)(NCC1CCCCC1C)C(=O)O. The summed E-state index contributed by atoms with van der Waals surface area (Å²) in [6, 6.07) is 0. The molecule has 0 aromatic heterocycles. The summed E-state index contributed by atoms with van der Waals surface area (Å²) in [6.45, 7) is 7.06. The molecule has 1 aliphatic carbocycles. The molecule has 3 heteroatoms. The lowest BCUT2D eigenvalue weighted by molar-refractivity contribution is -0.145. The lowest BCUT2D eigenvalue weighted by Gasteiger charge is -2.34. The Kier molecular flexibility index (Phi) is 5.44. The lowest BCUT2D eigenvalue weighted by Crippen LogP contribution is -2.53. The summed E-state index contributed by atoms with van der Waals surface area (Å²) < 4.78 is 0. The maximum atomic E-state index is 11.4. The van der Waals surface area contributed by atoms with Crippen molar-refractivity contribution in [1.29, 1.82) is 0 Å². The Hall–Kier alpha value is -0.570. The molecule has 1 fully saturated rings. The number of aliphatic carboxylic acids is 1. The maximum absolute atomic E-state index is 11.4. The Morgan fingerprint density at radius 2 is 1.88 bits per heavy atom. The van der Waals surface area contributed by atoms with Crippen LogP contribution < -0.4 is 5.32 Å². The predicted molar refractivity (Wildman–Crippen MR) is 70.1 cm³/mol. The molecule has 0 bridgehead atoms. The highest BCUT2D eigenvalue weighted by Crippen LogP contribution is 2.29. The van der Waals surface area contributed by atoms with Gasteiger partial charge in [-0.1, -0.05) is 40.0 Å². The molecular weight excluding hydrogens is 214 g/mol. The zero-order valence-corrected chi connectivity index (χ0v) is 11.5. The molecule has 0 aromatic carbocycles. The monoisotopic (exact) mass is 241 g/mol. The summed E-state index contributed by atoms with van der Waals surface area (Å²) >= 11 is 0. The van der Waals surface area contributed by atoms with Crippen molar-refractivity contribution in [2.24, 2.45) is 11.8 Å². The van der Waals surface area contributed by atoms with Gasteiger partial charge in [-0.05, 0) is 37.6 Å². The number of carboxylic acids is 1. The van der Waals surface area contributed by atoms with E-state index in [-0.39, 0.29) is 0 Å². The van der Waals surface area contributed by atoms with Crippen molar-refractivity contribution in [1.82, 2.24) is 5.32 Å². The van der Waals surface area contributed by atoms with Crippen LogP contribution in [0.1, 0.15) is 59.3 Å². The van der Waals surface area contributed by atoms with E-state index in [9.17, 15) is 9.90 Å². The maximum Gasteiger partial charge on any atom is 0.323 e. The third-order valence-electron chi connectivity index (χ3n) is 4.61. The first-order chi connectivity index (χ1) is 8.05. The van der Waals surface area contributed by atoms with Crippen LogP contribution in [0.15, 0.2) is 0 Å². The van der Waals surface area contributed by atoms with Gasteiger partial charge in [0.1, 0.15) is 5.54 Å². The quantitative estimate of drug-likeness (QED) is 0.751. The fourth-order valence-electron chi connectivity index (χ4n) is 2.90. The van der Waals surface area contributed by atoms with E-state index < -0.39 is 11.5 Å². The highest BCUT2D eigenvalue weighted by Gasteiger charge is 2.35. The largest absolute Gasteiger partial charge is 0.480 e. The van der Waals surface area contributed by atoms with Gasteiger partial charge in [0.05, 0.1) is 0 Å². The van der Waals surface area contributed by atoms with E-state index >= 15 is 0 Å². The molecule has 0 aliphatic heterocycles. The first-order valence-electron chi connectivity index (χ1n) is 7.04. The molecule has 0 amide bonds. The van der Waals surface area contributed by atoms with Crippen LogP contribution in [0.4, 0.5) is 0 Å². The Labute approximate surface area is 105 Å². The Balaban J connectivity index is 2.54. The minimum atomic E-state index is -0.711. The molecule has 2 N–H and O–H groups in total. The van der Waals surface area contributed by atoms with Crippen LogP contribution in [0.25, 0.3) is 0 Å². The molecule has 0 saturated heterocycles. The van der Waals surface area contributed by atoms with Crippen molar-refractivity contribution in [3.63, 3.8) is 0 Å². The van der Waals surface area contributed by atoms with E-state index in [0.717, 1.165) is 12.5 Å². The molecule has 3 nitrogen and oxygen atoms in total. The van der Waals surface area contributed by atoms with Crippen LogP contribution in [-0.4, -0.2) is 23.2 Å². The third kappa shape index (κ3) is 3.44. The van der Waals surface area contributed by atoms with E-state index in [1.807, 2.05) is 13.8 Å². The second kappa shape index (κ2) is 6.39. The average molecular weight is 241 g/mol. The van der Waals surface area contributed by atoms with Crippen molar-refractivity contribution >= 4 is 5.97 Å². The van der Waals surface area contributed by atoms with Crippen molar-refractivity contribution in [3.05, 3.63) is 0 Å². The summed E-state index contributed by atoms with van der Waals surface area (Å²) in [7, 11) is 0. The molecule has 2 unspecified atom stereocenters. The van der Waals surface area contributed by atoms with E-state index in [2.05, 4.69) is 12.2 Å². The molecule has 0 heterocycles. The van der Waals surface area contributed by atoms with Crippen LogP contribution in [0.2, 0.25) is 0 Å². The number of hydrogen-bond donors (Lipinski definition) is 2. The van der Waals surface area contributed by atoms with Gasteiger partial charge >= 0.3 is 5.97 Å². The minimum Gasteiger partial charge on any atom is -0.480 e. The van der Waals surface area contributed by atoms with Crippen molar-refractivity contribution < 1.29 is 9.90 Å². The van der Waals surface area contributed by atoms with Gasteiger partial charge in [-0.15, -0.1) is 0 Å². The van der Waals surface area contributed by atoms with E-state index in [1.54, 1.807) is 0 Å². The molecule has 2 atom stereocenters. The van der Waals surface area contributed by atoms with Crippen LogP contribution >= 0.6 is 0 Å². The van der Waals surface area contributed by atoms with Gasteiger partial charge in [-0.25, -0.2) is 0 Å². The van der Waals surface area contributed by atoms with Gasteiger partial charge in [0.15, 0.2) is 0 Å². The first-order valence-corrected chi connectivity index (χ1v) is 7.04. The van der Waals surface area contributed by atoms with E-state index in [1.165, 1.54) is 25.7 Å². The molecule has 1 aliphatic rings. The third-order valence-corrected chi connectivity index (χ3v) is 4.61. The molecule has 1 rings (SSSR count). The lowest BCUT2D eigenvalue weighted by atomic mass is 9.79. The molecule has 0 aromatic rings. The Bertz CT molecular complexity index is 249. The summed E-state index contributed by atoms with van der Waals surface area (Å²) in [5.74, 6) is 0.683. The van der Waals surface area contributed by atoms with Crippen molar-refractivity contribution in [3.8, 4) is 0 Å². The Morgan fingerprint density at radius 3 is 2.35 bits per heavy atom. The normalized spacial score (nSPS) is 25.8. The van der Waals surface area contributed by atoms with Crippen LogP contribution in [-0.2, 0) is 4.79 Å². The molecule has 17 heavy (non-hydrogen) atoms. The smallest absolute Gasteiger partial charge is 0.323 e. The van der Waals surface area contributed by atoms with Crippen LogP contribution in [0, 0.1) is 11.8 Å². The minimum absolute atomic E-state index is 0.653. The zero-order chi connectivity index (χ0) is 12.9. The Morgan fingerprint density at radius 1 is 1.29 bits per heavy atom. The van der Waals surface area contributed by atoms with Gasteiger partial charge in [0.25, 0.3) is 0 Å². The number of nitrogens with one attached hydrogen (secondary N) is 1. The first kappa shape index (κ1) is 14.5. The average Bonchev–Trinajstić information content (AvgIpc) is 2.32. The molecular formula is C14H27NO2. The summed E-state index contributed by atoms with van der Waals surface area (Å²) in [5.41, 5.74) is -0.711. The van der Waals surface area contributed by atoms with Crippen molar-refractivity contribution in [2.45, 2.75) is 64.8 Å². The summed E-state index contributed by atoms with van der Waals surface area (Å²) in [4.78, 5) is 11.4. The number of carbonyl (C=O) groups is 1. The van der Waals surface area contributed by atoms with Crippen LogP contribution in [0.5, 0.6) is 0 Å². The fraction of sp³-hybridized carbons (Fsp3) is 0.929. The van der Waals surface area contributed by atoms with Gasteiger partial charge in [0.2, 0.25) is 0 Å². The molecule has 0 radical (unpaired) electrons.